The van der Waals surface area contributed by atoms with Gasteiger partial charge in [0.05, 0.1) is 6.04 Å². The van der Waals surface area contributed by atoms with Crippen LogP contribution in [0.2, 0.25) is 0 Å². The van der Waals surface area contributed by atoms with Gasteiger partial charge in [-0.15, -0.1) is 11.3 Å². The van der Waals surface area contributed by atoms with Crippen LogP contribution >= 0.6 is 27.3 Å². The topological polar surface area (TPSA) is 32.5 Å². The van der Waals surface area contributed by atoms with Crippen molar-refractivity contribution in [1.82, 2.24) is 9.80 Å². The van der Waals surface area contributed by atoms with Crippen LogP contribution in [0.4, 0.5) is 0 Å². The van der Waals surface area contributed by atoms with E-state index in [2.05, 4.69) is 37.2 Å². The molecule has 0 bridgehead atoms. The van der Waals surface area contributed by atoms with Crippen molar-refractivity contribution in [2.24, 2.45) is 5.73 Å². The third-order valence-electron chi connectivity index (χ3n) is 4.42. The van der Waals surface area contributed by atoms with Gasteiger partial charge in [0.15, 0.2) is 0 Å². The van der Waals surface area contributed by atoms with E-state index in [0.717, 1.165) is 12.6 Å². The molecule has 2 unspecified atom stereocenters. The normalized spacial score (nSPS) is 27.2. The van der Waals surface area contributed by atoms with E-state index in [4.69, 9.17) is 5.73 Å². The molecule has 3 rings (SSSR count). The zero-order valence-corrected chi connectivity index (χ0v) is 13.6. The number of hydrogen-bond acceptors (Lipinski definition) is 4. The molecule has 2 atom stereocenters. The average molecular weight is 344 g/mol. The first-order valence-corrected chi connectivity index (χ1v) is 8.87. The molecule has 3 heterocycles. The van der Waals surface area contributed by atoms with Gasteiger partial charge in [0, 0.05) is 40.4 Å². The Hall–Kier alpha value is 0.0600. The Morgan fingerprint density at radius 3 is 2.95 bits per heavy atom. The summed E-state index contributed by atoms with van der Waals surface area (Å²) in [5, 5.41) is 2.16. The van der Waals surface area contributed by atoms with Crippen molar-refractivity contribution in [2.75, 3.05) is 32.7 Å². The van der Waals surface area contributed by atoms with Crippen LogP contribution in [0.15, 0.2) is 15.9 Å². The summed E-state index contributed by atoms with van der Waals surface area (Å²) >= 11 is 5.38. The molecule has 2 saturated heterocycles. The van der Waals surface area contributed by atoms with Crippen molar-refractivity contribution in [3.63, 3.8) is 0 Å². The van der Waals surface area contributed by atoms with Crippen LogP contribution in [0.3, 0.4) is 0 Å². The highest BCUT2D eigenvalue weighted by Gasteiger charge is 2.31. The fourth-order valence-corrected chi connectivity index (χ4v) is 5.06. The Bertz CT molecular complexity index is 423. The fourth-order valence-electron chi connectivity index (χ4n) is 3.47. The highest BCUT2D eigenvalue weighted by molar-refractivity contribution is 9.10. The van der Waals surface area contributed by atoms with Crippen molar-refractivity contribution < 1.29 is 0 Å². The third-order valence-corrected chi connectivity index (χ3v) is 6.21. The van der Waals surface area contributed by atoms with Crippen molar-refractivity contribution in [1.29, 1.82) is 0 Å². The molecule has 2 aliphatic rings. The molecule has 2 N–H and O–H groups in total. The summed E-state index contributed by atoms with van der Waals surface area (Å²) in [7, 11) is 0. The van der Waals surface area contributed by atoms with Crippen molar-refractivity contribution in [3.05, 3.63) is 20.8 Å². The summed E-state index contributed by atoms with van der Waals surface area (Å²) in [6.45, 7) is 5.67. The lowest BCUT2D eigenvalue weighted by Gasteiger charge is -2.31. The highest BCUT2D eigenvalue weighted by atomic mass is 79.9. The lowest BCUT2D eigenvalue weighted by molar-refractivity contribution is 0.178. The van der Waals surface area contributed by atoms with Gasteiger partial charge in [0.25, 0.3) is 0 Å². The van der Waals surface area contributed by atoms with Crippen molar-refractivity contribution in [2.45, 2.75) is 31.3 Å². The quantitative estimate of drug-likeness (QED) is 0.915. The van der Waals surface area contributed by atoms with E-state index in [1.165, 1.54) is 54.8 Å². The molecule has 0 radical (unpaired) electrons. The minimum absolute atomic E-state index is 0.400. The maximum absolute atomic E-state index is 6.07. The molecule has 0 amide bonds. The summed E-state index contributed by atoms with van der Waals surface area (Å²) in [4.78, 5) is 6.70. The van der Waals surface area contributed by atoms with Gasteiger partial charge in [-0.05, 0) is 54.3 Å². The maximum atomic E-state index is 6.07. The molecule has 0 aromatic carbocycles. The second kappa shape index (κ2) is 6.22. The summed E-state index contributed by atoms with van der Waals surface area (Å²) < 4.78 is 1.18. The molecule has 106 valence electrons. The van der Waals surface area contributed by atoms with Crippen LogP contribution in [0.1, 0.15) is 30.2 Å². The Morgan fingerprint density at radius 1 is 1.37 bits per heavy atom. The number of rotatable bonds is 3. The third kappa shape index (κ3) is 3.05. The summed E-state index contributed by atoms with van der Waals surface area (Å²) in [6.07, 6.45) is 4.01. The van der Waals surface area contributed by atoms with Gasteiger partial charge in [-0.1, -0.05) is 0 Å². The summed E-state index contributed by atoms with van der Waals surface area (Å²) in [6, 6.07) is 3.40. The number of nitrogens with two attached hydrogens (primary N) is 1. The average Bonchev–Trinajstić information content (AvgIpc) is 2.96. The van der Waals surface area contributed by atoms with E-state index in [0.29, 0.717) is 6.04 Å². The predicted molar refractivity (Wildman–Crippen MR) is 84.6 cm³/mol. The molecule has 0 aliphatic carbocycles. The molecule has 2 aliphatic heterocycles. The number of thiophene rings is 1. The Labute approximate surface area is 127 Å². The fraction of sp³-hybridized carbons (Fsp3) is 0.714. The Morgan fingerprint density at radius 2 is 2.21 bits per heavy atom. The largest absolute Gasteiger partial charge is 0.329 e. The number of hydrogen-bond donors (Lipinski definition) is 1. The van der Waals surface area contributed by atoms with E-state index in [1.807, 2.05) is 11.3 Å². The first-order chi connectivity index (χ1) is 9.28. The molecule has 0 saturated carbocycles. The second-order valence-electron chi connectivity index (χ2n) is 5.60. The Kier molecular flexibility index (Phi) is 4.59. The molecular weight excluding hydrogens is 322 g/mol. The smallest absolute Gasteiger partial charge is 0.0565 e. The molecular formula is C14H22BrN3S. The minimum Gasteiger partial charge on any atom is -0.329 e. The summed E-state index contributed by atoms with van der Waals surface area (Å²) in [5.74, 6) is 0. The van der Waals surface area contributed by atoms with E-state index in [-0.39, 0.29) is 0 Å². The first-order valence-electron chi connectivity index (χ1n) is 7.20. The van der Waals surface area contributed by atoms with Crippen LogP contribution in [0.5, 0.6) is 0 Å². The van der Waals surface area contributed by atoms with Crippen LogP contribution in [0, 0.1) is 0 Å². The maximum Gasteiger partial charge on any atom is 0.0565 e. The van der Waals surface area contributed by atoms with Crippen LogP contribution in [-0.2, 0) is 0 Å². The molecule has 0 spiro atoms. The van der Waals surface area contributed by atoms with Gasteiger partial charge in [0.2, 0.25) is 0 Å². The molecule has 2 fully saturated rings. The predicted octanol–water partition coefficient (Wildman–Crippen LogP) is 2.68. The van der Waals surface area contributed by atoms with Gasteiger partial charge in [0.1, 0.15) is 0 Å². The van der Waals surface area contributed by atoms with Crippen LogP contribution in [0.25, 0.3) is 0 Å². The van der Waals surface area contributed by atoms with Crippen LogP contribution in [-0.4, -0.2) is 48.6 Å². The van der Waals surface area contributed by atoms with E-state index < -0.39 is 0 Å². The number of fused-ring (bicyclic) bond motifs is 1. The van der Waals surface area contributed by atoms with Crippen molar-refractivity contribution in [3.8, 4) is 0 Å². The SMILES string of the molecule is NCC(c1cc(Br)cs1)N1CCCN2CCCC2C1. The minimum atomic E-state index is 0.400. The molecule has 1 aromatic heterocycles. The van der Waals surface area contributed by atoms with Gasteiger partial charge < -0.3 is 5.73 Å². The molecule has 1 aromatic rings. The molecule has 3 nitrogen and oxygen atoms in total. The van der Waals surface area contributed by atoms with Gasteiger partial charge in [-0.2, -0.15) is 0 Å². The lowest BCUT2D eigenvalue weighted by Crippen LogP contribution is -2.40. The first kappa shape index (κ1) is 14.0. The molecule has 5 heteroatoms. The zero-order valence-electron chi connectivity index (χ0n) is 11.2. The van der Waals surface area contributed by atoms with Gasteiger partial charge >= 0.3 is 0 Å². The second-order valence-corrected chi connectivity index (χ2v) is 7.46. The van der Waals surface area contributed by atoms with Gasteiger partial charge in [-0.25, -0.2) is 0 Å². The zero-order chi connectivity index (χ0) is 13.2. The summed E-state index contributed by atoms with van der Waals surface area (Å²) in [5.41, 5.74) is 6.07. The van der Waals surface area contributed by atoms with E-state index in [1.54, 1.807) is 0 Å². The number of halogens is 1. The monoisotopic (exact) mass is 343 g/mol. The van der Waals surface area contributed by atoms with Gasteiger partial charge in [-0.3, -0.25) is 9.80 Å². The van der Waals surface area contributed by atoms with E-state index >= 15 is 0 Å². The molecule has 19 heavy (non-hydrogen) atoms. The van der Waals surface area contributed by atoms with Crippen molar-refractivity contribution >= 4 is 27.3 Å². The van der Waals surface area contributed by atoms with E-state index in [9.17, 15) is 0 Å². The standard InChI is InChI=1S/C14H22BrN3S/c15-11-7-14(19-10-11)13(8-16)18-6-2-5-17-4-1-3-12(17)9-18/h7,10,12-13H,1-6,8-9,16H2. The Balaban J connectivity index is 1.75. The highest BCUT2D eigenvalue weighted by Crippen LogP contribution is 2.31. The lowest BCUT2D eigenvalue weighted by atomic mass is 10.1. The van der Waals surface area contributed by atoms with Crippen LogP contribution < -0.4 is 5.73 Å². The number of nitrogens with zero attached hydrogens (tertiary/aromatic N) is 2.